The van der Waals surface area contributed by atoms with Crippen LogP contribution in [-0.4, -0.2) is 30.7 Å². The summed E-state index contributed by atoms with van der Waals surface area (Å²) in [5.41, 5.74) is -0.347. The molecule has 0 aliphatic heterocycles. The second-order valence-corrected chi connectivity index (χ2v) is 6.30. The van der Waals surface area contributed by atoms with Crippen LogP contribution in [0.3, 0.4) is 0 Å². The lowest BCUT2D eigenvalue weighted by Gasteiger charge is -2.23. The molecule has 0 aliphatic carbocycles. The molecule has 2 nitrogen and oxygen atoms in total. The van der Waals surface area contributed by atoms with Crippen molar-refractivity contribution >= 4 is 0 Å². The number of hydrogen-bond acceptors (Lipinski definition) is 2. The van der Waals surface area contributed by atoms with Gasteiger partial charge in [-0.15, -0.1) is 0 Å². The van der Waals surface area contributed by atoms with E-state index in [0.717, 1.165) is 0 Å². The van der Waals surface area contributed by atoms with E-state index < -0.39 is 5.92 Å². The molecule has 4 heteroatoms. The van der Waals surface area contributed by atoms with Crippen LogP contribution in [0.4, 0.5) is 8.78 Å². The Bertz CT molecular complexity index is 224. The molecule has 0 aromatic rings. The highest BCUT2D eigenvalue weighted by Crippen LogP contribution is 2.23. The summed E-state index contributed by atoms with van der Waals surface area (Å²) in [4.78, 5) is 0. The Kier molecular flexibility index (Phi) is 7.30. The molecule has 0 saturated carbocycles. The third kappa shape index (κ3) is 9.77. The molecule has 0 aromatic carbocycles. The number of halogens is 2. The van der Waals surface area contributed by atoms with Crippen molar-refractivity contribution in [2.24, 2.45) is 5.92 Å². The molecule has 0 saturated heterocycles. The molecule has 0 aromatic heterocycles. The van der Waals surface area contributed by atoms with Crippen LogP contribution in [0, 0.1) is 5.92 Å². The van der Waals surface area contributed by atoms with Crippen molar-refractivity contribution in [1.82, 2.24) is 5.32 Å². The maximum Gasteiger partial charge on any atom is 0.251 e. The Hall–Kier alpha value is -0.220. The van der Waals surface area contributed by atoms with Crippen LogP contribution in [0.1, 0.15) is 54.4 Å². The molecule has 0 unspecified atom stereocenters. The van der Waals surface area contributed by atoms with Crippen LogP contribution >= 0.6 is 0 Å². The molecular formula is C14H29F2NO. The third-order valence-corrected chi connectivity index (χ3v) is 2.96. The van der Waals surface area contributed by atoms with Crippen LogP contribution in [0.5, 0.6) is 0 Å². The molecule has 0 aliphatic rings. The van der Waals surface area contributed by atoms with E-state index in [1.165, 1.54) is 0 Å². The molecule has 1 N–H and O–H groups in total. The molecule has 0 heterocycles. The normalized spacial score (nSPS) is 15.2. The van der Waals surface area contributed by atoms with Crippen LogP contribution in [-0.2, 0) is 4.74 Å². The predicted molar refractivity (Wildman–Crippen MR) is 72.2 cm³/mol. The van der Waals surface area contributed by atoms with Gasteiger partial charge in [0.2, 0.25) is 0 Å². The number of rotatable bonds is 8. The maximum atomic E-state index is 13.5. The summed E-state index contributed by atoms with van der Waals surface area (Å²) in [5, 5.41) is 3.12. The molecule has 0 spiro atoms. The second kappa shape index (κ2) is 7.39. The molecule has 0 amide bonds. The first kappa shape index (κ1) is 17.8. The summed E-state index contributed by atoms with van der Waals surface area (Å²) in [6.07, 6.45) is -0.334. The summed E-state index contributed by atoms with van der Waals surface area (Å²) >= 11 is 0. The van der Waals surface area contributed by atoms with E-state index >= 15 is 0 Å². The standard InChI is InChI=1S/C14H29F2NO/c1-11(2)12(3)17-9-7-14(15,16)8-10-18-13(4,5)6/h11-12,17H,7-10H2,1-6H3/t12-/m1/s1. The average Bonchev–Trinajstić information content (AvgIpc) is 2.14. The number of nitrogens with one attached hydrogen (secondary N) is 1. The fourth-order valence-electron chi connectivity index (χ4n) is 1.35. The average molecular weight is 265 g/mol. The van der Waals surface area contributed by atoms with Gasteiger partial charge in [0, 0.05) is 25.4 Å². The summed E-state index contributed by atoms with van der Waals surface area (Å²) in [6.45, 7) is 12.2. The van der Waals surface area contributed by atoms with Crippen molar-refractivity contribution in [3.05, 3.63) is 0 Å². The third-order valence-electron chi connectivity index (χ3n) is 2.96. The van der Waals surface area contributed by atoms with Gasteiger partial charge in [-0.05, 0) is 33.6 Å². The van der Waals surface area contributed by atoms with Gasteiger partial charge < -0.3 is 10.1 Å². The minimum Gasteiger partial charge on any atom is -0.376 e. The Morgan fingerprint density at radius 1 is 1.06 bits per heavy atom. The van der Waals surface area contributed by atoms with E-state index in [0.29, 0.717) is 12.5 Å². The highest BCUT2D eigenvalue weighted by Gasteiger charge is 2.29. The Balaban J connectivity index is 3.80. The van der Waals surface area contributed by atoms with Crippen molar-refractivity contribution in [3.8, 4) is 0 Å². The van der Waals surface area contributed by atoms with E-state index in [1.54, 1.807) is 0 Å². The van der Waals surface area contributed by atoms with Crippen molar-refractivity contribution in [2.75, 3.05) is 13.2 Å². The molecule has 0 bridgehead atoms. The zero-order chi connectivity index (χ0) is 14.4. The van der Waals surface area contributed by atoms with Crippen LogP contribution in [0.25, 0.3) is 0 Å². The summed E-state index contributed by atoms with van der Waals surface area (Å²) < 4.78 is 32.4. The summed E-state index contributed by atoms with van der Waals surface area (Å²) in [6, 6.07) is 0.270. The second-order valence-electron chi connectivity index (χ2n) is 6.30. The first-order valence-corrected chi connectivity index (χ1v) is 6.79. The first-order chi connectivity index (χ1) is 8.03. The van der Waals surface area contributed by atoms with Gasteiger partial charge >= 0.3 is 0 Å². The molecule has 1 atom stereocenters. The molecule has 0 radical (unpaired) electrons. The van der Waals surface area contributed by atoms with Gasteiger partial charge in [0.25, 0.3) is 5.92 Å². The van der Waals surface area contributed by atoms with Crippen LogP contribution < -0.4 is 5.32 Å². The lowest BCUT2D eigenvalue weighted by atomic mass is 10.1. The van der Waals surface area contributed by atoms with Gasteiger partial charge in [0.15, 0.2) is 0 Å². The Morgan fingerprint density at radius 3 is 2.06 bits per heavy atom. The summed E-state index contributed by atoms with van der Waals surface area (Å²) in [5.74, 6) is -2.18. The summed E-state index contributed by atoms with van der Waals surface area (Å²) in [7, 11) is 0. The van der Waals surface area contributed by atoms with Gasteiger partial charge in [-0.3, -0.25) is 0 Å². The van der Waals surface area contributed by atoms with Crippen molar-refractivity contribution in [2.45, 2.75) is 71.9 Å². The van der Waals surface area contributed by atoms with Crippen molar-refractivity contribution in [1.29, 1.82) is 0 Å². The van der Waals surface area contributed by atoms with Gasteiger partial charge in [-0.2, -0.15) is 0 Å². The van der Waals surface area contributed by atoms with Crippen molar-refractivity contribution in [3.63, 3.8) is 0 Å². The molecule has 0 rings (SSSR count). The zero-order valence-electron chi connectivity index (χ0n) is 12.6. The highest BCUT2D eigenvalue weighted by atomic mass is 19.3. The quantitative estimate of drug-likeness (QED) is 0.719. The smallest absolute Gasteiger partial charge is 0.251 e. The predicted octanol–water partition coefficient (Wildman–Crippen LogP) is 3.85. The maximum absolute atomic E-state index is 13.5. The molecule has 18 heavy (non-hydrogen) atoms. The Morgan fingerprint density at radius 2 is 1.61 bits per heavy atom. The molecule has 0 fully saturated rings. The van der Waals surface area contributed by atoms with Crippen molar-refractivity contribution < 1.29 is 13.5 Å². The van der Waals surface area contributed by atoms with Gasteiger partial charge in [0.05, 0.1) is 12.2 Å². The minimum atomic E-state index is -2.64. The van der Waals surface area contributed by atoms with Crippen LogP contribution in [0.2, 0.25) is 0 Å². The largest absolute Gasteiger partial charge is 0.376 e. The van der Waals surface area contributed by atoms with E-state index in [1.807, 2.05) is 27.7 Å². The number of hydrogen-bond donors (Lipinski definition) is 1. The fourth-order valence-corrected chi connectivity index (χ4v) is 1.35. The highest BCUT2D eigenvalue weighted by molar-refractivity contribution is 4.71. The lowest BCUT2D eigenvalue weighted by molar-refractivity contribution is -0.0699. The number of ether oxygens (including phenoxy) is 1. The fraction of sp³-hybridized carbons (Fsp3) is 1.00. The van der Waals surface area contributed by atoms with E-state index in [9.17, 15) is 8.78 Å². The van der Waals surface area contributed by atoms with E-state index in [2.05, 4.69) is 19.2 Å². The monoisotopic (exact) mass is 265 g/mol. The molecular weight excluding hydrogens is 236 g/mol. The number of alkyl halides is 2. The Labute approximate surface area is 110 Å². The lowest BCUT2D eigenvalue weighted by Crippen LogP contribution is -2.35. The molecule has 110 valence electrons. The minimum absolute atomic E-state index is 0.107. The van der Waals surface area contributed by atoms with Crippen LogP contribution in [0.15, 0.2) is 0 Å². The SMILES string of the molecule is CC(C)[C@@H](C)NCCC(F)(F)CCOC(C)(C)C. The zero-order valence-corrected chi connectivity index (χ0v) is 12.6. The van der Waals surface area contributed by atoms with Gasteiger partial charge in [-0.25, -0.2) is 8.78 Å². The first-order valence-electron chi connectivity index (χ1n) is 6.79. The van der Waals surface area contributed by atoms with E-state index in [-0.39, 0.29) is 31.1 Å². The van der Waals surface area contributed by atoms with E-state index in [4.69, 9.17) is 4.74 Å². The topological polar surface area (TPSA) is 21.3 Å². The van der Waals surface area contributed by atoms with Gasteiger partial charge in [0.1, 0.15) is 0 Å². The van der Waals surface area contributed by atoms with Gasteiger partial charge in [-0.1, -0.05) is 13.8 Å².